The van der Waals surface area contributed by atoms with Crippen molar-refractivity contribution in [2.45, 2.75) is 63.5 Å². The molecule has 3 fully saturated rings. The number of carbonyl (C=O) groups excluding carboxylic acids is 2. The molecule has 3 aromatic rings. The Morgan fingerprint density at radius 3 is 2.39 bits per heavy atom. The van der Waals surface area contributed by atoms with Crippen molar-refractivity contribution < 1.29 is 23.8 Å². The van der Waals surface area contributed by atoms with Crippen LogP contribution in [0.25, 0.3) is 28.2 Å². The van der Waals surface area contributed by atoms with Gasteiger partial charge in [-0.1, -0.05) is 25.3 Å². The van der Waals surface area contributed by atoms with E-state index in [-0.39, 0.29) is 11.9 Å². The predicted octanol–water partition coefficient (Wildman–Crippen LogP) is 5.87. The van der Waals surface area contributed by atoms with Crippen molar-refractivity contribution in [1.29, 1.82) is 0 Å². The normalized spacial score (nSPS) is 20.0. The lowest BCUT2D eigenvalue weighted by Crippen LogP contribution is -2.50. The smallest absolute Gasteiger partial charge is 0.337 e. The number of hydrogen-bond donors (Lipinski definition) is 0. The number of ether oxygens (including phenoxy) is 3. The summed E-state index contributed by atoms with van der Waals surface area (Å²) >= 11 is 0. The second-order valence-electron chi connectivity index (χ2n) is 12.7. The van der Waals surface area contributed by atoms with E-state index in [9.17, 15) is 9.59 Å². The number of carbonyl (C=O) groups is 2. The molecule has 2 saturated heterocycles. The molecule has 1 aromatic heterocycles. The van der Waals surface area contributed by atoms with E-state index in [1.807, 2.05) is 23.1 Å². The molecule has 0 N–H and O–H groups in total. The summed E-state index contributed by atoms with van der Waals surface area (Å²) < 4.78 is 18.6. The van der Waals surface area contributed by atoms with Crippen LogP contribution in [0, 0.1) is 0 Å². The summed E-state index contributed by atoms with van der Waals surface area (Å²) in [5.41, 5.74) is 6.89. The predicted molar refractivity (Wildman–Crippen MR) is 171 cm³/mol. The molecule has 4 aliphatic rings. The van der Waals surface area contributed by atoms with E-state index in [4.69, 9.17) is 14.2 Å². The number of benzene rings is 2. The molecule has 1 saturated carbocycles. The lowest BCUT2D eigenvalue weighted by atomic mass is 9.81. The van der Waals surface area contributed by atoms with Crippen molar-refractivity contribution >= 4 is 28.9 Å². The Morgan fingerprint density at radius 2 is 1.66 bits per heavy atom. The first-order valence-corrected chi connectivity index (χ1v) is 16.3. The number of esters is 1. The Bertz CT molecular complexity index is 1590. The van der Waals surface area contributed by atoms with E-state index in [1.165, 1.54) is 37.3 Å². The summed E-state index contributed by atoms with van der Waals surface area (Å²) in [4.78, 5) is 31.6. The Hall–Kier alpha value is -3.62. The zero-order valence-corrected chi connectivity index (χ0v) is 26.0. The van der Waals surface area contributed by atoms with Crippen LogP contribution in [0.1, 0.15) is 72.3 Å². The molecule has 0 radical (unpaired) electrons. The van der Waals surface area contributed by atoms with Crippen molar-refractivity contribution in [3.63, 3.8) is 0 Å². The van der Waals surface area contributed by atoms with Gasteiger partial charge in [-0.05, 0) is 79.1 Å². The number of nitrogens with zero attached hydrogens (tertiary/aromatic N) is 3. The number of hydrogen-bond acceptors (Lipinski definition) is 6. The Balaban J connectivity index is 1.31. The third-order valence-electron chi connectivity index (χ3n) is 10.3. The minimum Gasteiger partial charge on any atom is -0.497 e. The van der Waals surface area contributed by atoms with Crippen molar-refractivity contribution in [3.8, 4) is 17.0 Å². The zero-order valence-electron chi connectivity index (χ0n) is 26.0. The minimum atomic E-state index is -0.351. The van der Waals surface area contributed by atoms with Crippen molar-refractivity contribution in [2.75, 3.05) is 53.6 Å². The number of amides is 1. The zero-order chi connectivity index (χ0) is 30.2. The maximum Gasteiger partial charge on any atom is 0.337 e. The van der Waals surface area contributed by atoms with Crippen LogP contribution >= 0.6 is 0 Å². The maximum atomic E-state index is 14.3. The quantitative estimate of drug-likeness (QED) is 0.343. The standard InChI is InChI=1S/C36H43N3O5/c1-42-29-9-11-30-26(21-29)20-27(35(40)38-14-12-28(13-15-38)37-16-18-44-19-17-37)23-39-32-22-25(36(41)43-2)8-10-31(32)33(34(30)39)24-6-4-3-5-7-24/h8-11,20-22,24,28H,3-7,12-19,23H2,1-2H3. The van der Waals surface area contributed by atoms with Crippen LogP contribution in [0.2, 0.25) is 0 Å². The second kappa shape index (κ2) is 12.4. The molecule has 0 bridgehead atoms. The first-order chi connectivity index (χ1) is 21.6. The fourth-order valence-electron chi connectivity index (χ4n) is 8.00. The molecule has 1 aliphatic carbocycles. The first-order valence-electron chi connectivity index (χ1n) is 16.3. The van der Waals surface area contributed by atoms with Crippen LogP contribution in [-0.2, 0) is 20.8 Å². The van der Waals surface area contributed by atoms with Gasteiger partial charge in [-0.25, -0.2) is 4.79 Å². The van der Waals surface area contributed by atoms with E-state index < -0.39 is 0 Å². The molecule has 3 aliphatic heterocycles. The summed E-state index contributed by atoms with van der Waals surface area (Å²) in [7, 11) is 3.11. The number of methoxy groups -OCH3 is 2. The average Bonchev–Trinajstić information content (AvgIpc) is 3.30. The number of likely N-dealkylation sites (tertiary alicyclic amines) is 1. The highest BCUT2D eigenvalue weighted by Gasteiger charge is 2.33. The SMILES string of the molecule is COC(=O)c1ccc2c(C3CCCCC3)c3n(c2c1)CC(C(=O)N1CCC(N2CCOCC2)CC1)=Cc1cc(OC)ccc1-3. The molecule has 4 heterocycles. The van der Waals surface area contributed by atoms with Gasteiger partial charge in [0.15, 0.2) is 0 Å². The van der Waals surface area contributed by atoms with Crippen LogP contribution in [0.15, 0.2) is 42.0 Å². The van der Waals surface area contributed by atoms with Gasteiger partial charge in [0.25, 0.3) is 5.91 Å². The molecule has 0 unspecified atom stereocenters. The van der Waals surface area contributed by atoms with Crippen molar-refractivity contribution in [1.82, 2.24) is 14.4 Å². The van der Waals surface area contributed by atoms with Gasteiger partial charge in [-0.15, -0.1) is 0 Å². The molecular weight excluding hydrogens is 554 g/mol. The van der Waals surface area contributed by atoms with E-state index >= 15 is 0 Å². The largest absolute Gasteiger partial charge is 0.497 e. The number of rotatable bonds is 5. The van der Waals surface area contributed by atoms with Gasteiger partial charge < -0.3 is 23.7 Å². The second-order valence-corrected chi connectivity index (χ2v) is 12.7. The fourth-order valence-corrected chi connectivity index (χ4v) is 8.00. The summed E-state index contributed by atoms with van der Waals surface area (Å²) in [5, 5.41) is 1.17. The van der Waals surface area contributed by atoms with Gasteiger partial charge in [0.2, 0.25) is 0 Å². The molecule has 7 rings (SSSR count). The van der Waals surface area contributed by atoms with Gasteiger partial charge in [0.05, 0.1) is 45.2 Å². The fraction of sp³-hybridized carbons (Fsp3) is 0.500. The lowest BCUT2D eigenvalue weighted by molar-refractivity contribution is -0.129. The van der Waals surface area contributed by atoms with E-state index in [0.29, 0.717) is 24.1 Å². The van der Waals surface area contributed by atoms with Crippen LogP contribution in [-0.4, -0.2) is 85.9 Å². The topological polar surface area (TPSA) is 73.2 Å². The molecule has 0 spiro atoms. The monoisotopic (exact) mass is 597 g/mol. The summed E-state index contributed by atoms with van der Waals surface area (Å²) in [6.45, 7) is 5.49. The Morgan fingerprint density at radius 1 is 0.886 bits per heavy atom. The number of fused-ring (bicyclic) bond motifs is 5. The molecule has 8 heteroatoms. The van der Waals surface area contributed by atoms with Crippen molar-refractivity contribution in [3.05, 3.63) is 58.7 Å². The number of morpholine rings is 1. The highest BCUT2D eigenvalue weighted by molar-refractivity contribution is 6.03. The van der Waals surface area contributed by atoms with Crippen LogP contribution < -0.4 is 4.74 Å². The summed E-state index contributed by atoms with van der Waals surface area (Å²) in [5.74, 6) is 0.945. The Labute approximate surface area is 259 Å². The van der Waals surface area contributed by atoms with Crippen LogP contribution in [0.3, 0.4) is 0 Å². The molecule has 1 amide bonds. The Kier molecular flexibility index (Phi) is 8.21. The first kappa shape index (κ1) is 29.1. The van der Waals surface area contributed by atoms with Gasteiger partial charge in [-0.2, -0.15) is 0 Å². The average molecular weight is 598 g/mol. The van der Waals surface area contributed by atoms with Crippen LogP contribution in [0.5, 0.6) is 5.75 Å². The third-order valence-corrected chi connectivity index (χ3v) is 10.3. The van der Waals surface area contributed by atoms with Gasteiger partial charge in [0, 0.05) is 54.3 Å². The van der Waals surface area contributed by atoms with E-state index in [0.717, 1.165) is 98.7 Å². The summed E-state index contributed by atoms with van der Waals surface area (Å²) in [6.07, 6.45) is 10.0. The highest BCUT2D eigenvalue weighted by atomic mass is 16.5. The number of piperidine rings is 1. The maximum absolute atomic E-state index is 14.3. The lowest BCUT2D eigenvalue weighted by Gasteiger charge is -2.40. The van der Waals surface area contributed by atoms with E-state index in [2.05, 4.69) is 33.7 Å². The molecule has 8 nitrogen and oxygen atoms in total. The van der Waals surface area contributed by atoms with Gasteiger partial charge in [0.1, 0.15) is 5.75 Å². The number of aromatic nitrogens is 1. The third kappa shape index (κ3) is 5.32. The highest BCUT2D eigenvalue weighted by Crippen LogP contribution is 2.47. The van der Waals surface area contributed by atoms with E-state index in [1.54, 1.807) is 7.11 Å². The molecule has 0 atom stereocenters. The summed E-state index contributed by atoms with van der Waals surface area (Å²) in [6, 6.07) is 12.7. The van der Waals surface area contributed by atoms with Crippen molar-refractivity contribution in [2.24, 2.45) is 0 Å². The van der Waals surface area contributed by atoms with Gasteiger partial charge >= 0.3 is 5.97 Å². The molecule has 2 aromatic carbocycles. The molecule has 232 valence electrons. The van der Waals surface area contributed by atoms with Crippen LogP contribution in [0.4, 0.5) is 0 Å². The minimum absolute atomic E-state index is 0.0947. The van der Waals surface area contributed by atoms with Gasteiger partial charge in [-0.3, -0.25) is 9.69 Å². The molecular formula is C36H43N3O5. The molecule has 44 heavy (non-hydrogen) atoms.